The number of rotatable bonds is 6. The molecule has 1 aromatic heterocycles. The Morgan fingerprint density at radius 1 is 1.04 bits per heavy atom. The van der Waals surface area contributed by atoms with Crippen molar-refractivity contribution in [1.29, 1.82) is 0 Å². The van der Waals surface area contributed by atoms with E-state index in [9.17, 15) is 4.79 Å². The van der Waals surface area contributed by atoms with Crippen LogP contribution in [0.1, 0.15) is 35.4 Å². The zero-order valence-electron chi connectivity index (χ0n) is 13.5. The highest BCUT2D eigenvalue weighted by molar-refractivity contribution is 7.15. The quantitative estimate of drug-likeness (QED) is 0.724. The fourth-order valence-electron chi connectivity index (χ4n) is 2.49. The standard InChI is InChI=1S/C19H17N3O2S/c23-17(20-19-22-21-18(25-19)14-11-12-14)16(13-7-3-1-4-8-13)24-15-9-5-2-6-10-15/h1-10,14,16H,11-12H2,(H,20,22,23)/t16-/m1/s1. The van der Waals surface area contributed by atoms with Gasteiger partial charge in [0.15, 0.2) is 0 Å². The number of hydrogen-bond acceptors (Lipinski definition) is 5. The molecule has 2 aromatic carbocycles. The molecule has 0 aliphatic heterocycles. The second-order valence-corrected chi connectivity index (χ2v) is 6.94. The smallest absolute Gasteiger partial charge is 0.272 e. The Kier molecular flexibility index (Phi) is 4.43. The number of amides is 1. The molecule has 1 atom stereocenters. The summed E-state index contributed by atoms with van der Waals surface area (Å²) in [5.74, 6) is 0.907. The van der Waals surface area contributed by atoms with Gasteiger partial charge in [-0.2, -0.15) is 0 Å². The van der Waals surface area contributed by atoms with Crippen LogP contribution in [0.3, 0.4) is 0 Å². The minimum atomic E-state index is -0.753. The summed E-state index contributed by atoms with van der Waals surface area (Å²) in [6.45, 7) is 0. The molecule has 1 N–H and O–H groups in total. The summed E-state index contributed by atoms with van der Waals surface area (Å²) >= 11 is 1.44. The van der Waals surface area contributed by atoms with Gasteiger partial charge in [-0.1, -0.05) is 59.9 Å². The van der Waals surface area contributed by atoms with Crippen LogP contribution in [0.4, 0.5) is 5.13 Å². The van der Waals surface area contributed by atoms with E-state index in [1.165, 1.54) is 11.3 Å². The van der Waals surface area contributed by atoms with Crippen molar-refractivity contribution in [2.75, 3.05) is 5.32 Å². The van der Waals surface area contributed by atoms with Gasteiger partial charge in [0, 0.05) is 11.5 Å². The zero-order chi connectivity index (χ0) is 17.1. The minimum absolute atomic E-state index is 0.256. The number of anilines is 1. The number of hydrogen-bond donors (Lipinski definition) is 1. The third kappa shape index (κ3) is 3.85. The Labute approximate surface area is 149 Å². The summed E-state index contributed by atoms with van der Waals surface area (Å²) in [7, 11) is 0. The lowest BCUT2D eigenvalue weighted by molar-refractivity contribution is -0.123. The van der Waals surface area contributed by atoms with Crippen LogP contribution >= 0.6 is 11.3 Å². The van der Waals surface area contributed by atoms with Crippen molar-refractivity contribution in [2.24, 2.45) is 0 Å². The van der Waals surface area contributed by atoms with Gasteiger partial charge in [-0.15, -0.1) is 10.2 Å². The fourth-order valence-corrected chi connectivity index (χ4v) is 3.40. The summed E-state index contributed by atoms with van der Waals surface area (Å²) in [5, 5.41) is 12.6. The van der Waals surface area contributed by atoms with E-state index in [1.54, 1.807) is 0 Å². The Bertz CT molecular complexity index is 847. The van der Waals surface area contributed by atoms with E-state index in [0.717, 1.165) is 23.4 Å². The summed E-state index contributed by atoms with van der Waals surface area (Å²) in [6.07, 6.45) is 1.57. The number of para-hydroxylation sites is 1. The molecule has 1 fully saturated rings. The van der Waals surface area contributed by atoms with Crippen LogP contribution in [0.25, 0.3) is 0 Å². The molecule has 6 heteroatoms. The third-order valence-corrected chi connectivity index (χ3v) is 4.94. The Balaban J connectivity index is 1.54. The number of benzene rings is 2. The molecule has 3 aromatic rings. The second-order valence-electron chi connectivity index (χ2n) is 5.93. The van der Waals surface area contributed by atoms with Gasteiger partial charge in [0.25, 0.3) is 5.91 Å². The van der Waals surface area contributed by atoms with Crippen LogP contribution in [-0.2, 0) is 4.79 Å². The van der Waals surface area contributed by atoms with Crippen molar-refractivity contribution in [1.82, 2.24) is 10.2 Å². The maximum atomic E-state index is 12.8. The normalized spacial score (nSPS) is 14.7. The van der Waals surface area contributed by atoms with Crippen molar-refractivity contribution in [2.45, 2.75) is 24.9 Å². The van der Waals surface area contributed by atoms with E-state index < -0.39 is 6.10 Å². The van der Waals surface area contributed by atoms with Gasteiger partial charge >= 0.3 is 0 Å². The number of carbonyl (C=O) groups is 1. The van der Waals surface area contributed by atoms with Crippen molar-refractivity contribution in [3.63, 3.8) is 0 Å². The summed E-state index contributed by atoms with van der Waals surface area (Å²) in [5.41, 5.74) is 0.788. The number of nitrogens with one attached hydrogen (secondary N) is 1. The second kappa shape index (κ2) is 7.03. The first-order chi connectivity index (χ1) is 12.3. The van der Waals surface area contributed by atoms with Crippen molar-refractivity contribution in [3.8, 4) is 5.75 Å². The first kappa shape index (κ1) is 15.8. The SMILES string of the molecule is O=C(Nc1nnc(C2CC2)s1)[C@H](Oc1ccccc1)c1ccccc1. The van der Waals surface area contributed by atoms with Gasteiger partial charge in [0.2, 0.25) is 11.2 Å². The Morgan fingerprint density at radius 2 is 1.72 bits per heavy atom. The number of ether oxygens (including phenoxy) is 1. The molecule has 5 nitrogen and oxygen atoms in total. The predicted octanol–water partition coefficient (Wildman–Crippen LogP) is 4.17. The van der Waals surface area contributed by atoms with Crippen LogP contribution in [0, 0.1) is 0 Å². The van der Waals surface area contributed by atoms with Gasteiger partial charge in [0.05, 0.1) is 0 Å². The maximum absolute atomic E-state index is 12.8. The first-order valence-corrected chi connectivity index (χ1v) is 9.02. The zero-order valence-corrected chi connectivity index (χ0v) is 14.3. The van der Waals surface area contributed by atoms with Crippen molar-refractivity contribution >= 4 is 22.4 Å². The molecule has 126 valence electrons. The van der Waals surface area contributed by atoms with E-state index in [0.29, 0.717) is 16.8 Å². The maximum Gasteiger partial charge on any atom is 0.272 e. The molecular weight excluding hydrogens is 334 g/mol. The van der Waals surface area contributed by atoms with Crippen LogP contribution in [0.5, 0.6) is 5.75 Å². The van der Waals surface area contributed by atoms with E-state index in [2.05, 4.69) is 15.5 Å². The average molecular weight is 351 g/mol. The summed E-state index contributed by atoms with van der Waals surface area (Å²) in [4.78, 5) is 12.8. The molecule has 0 unspecified atom stereocenters. The molecular formula is C19H17N3O2S. The van der Waals surface area contributed by atoms with Gasteiger partial charge < -0.3 is 4.74 Å². The van der Waals surface area contributed by atoms with Crippen LogP contribution < -0.4 is 10.1 Å². The van der Waals surface area contributed by atoms with E-state index in [1.807, 2.05) is 60.7 Å². The molecule has 0 spiro atoms. The molecule has 1 aliphatic rings. The molecule has 1 saturated carbocycles. The molecule has 0 saturated heterocycles. The topological polar surface area (TPSA) is 64.1 Å². The summed E-state index contributed by atoms with van der Waals surface area (Å²) < 4.78 is 5.95. The first-order valence-electron chi connectivity index (χ1n) is 8.20. The number of nitrogens with zero attached hydrogens (tertiary/aromatic N) is 2. The van der Waals surface area contributed by atoms with Crippen LogP contribution in [0.15, 0.2) is 60.7 Å². The van der Waals surface area contributed by atoms with Gasteiger partial charge in [-0.3, -0.25) is 10.1 Å². The average Bonchev–Trinajstić information content (AvgIpc) is 3.41. The Hall–Kier alpha value is -2.73. The van der Waals surface area contributed by atoms with Gasteiger partial charge in [-0.05, 0) is 25.0 Å². The molecule has 4 rings (SSSR count). The Morgan fingerprint density at radius 3 is 2.40 bits per heavy atom. The van der Waals surface area contributed by atoms with Crippen LogP contribution in [0.2, 0.25) is 0 Å². The predicted molar refractivity (Wildman–Crippen MR) is 96.8 cm³/mol. The lowest BCUT2D eigenvalue weighted by Gasteiger charge is -2.18. The lowest BCUT2D eigenvalue weighted by Crippen LogP contribution is -2.25. The summed E-state index contributed by atoms with van der Waals surface area (Å²) in [6, 6.07) is 18.8. The van der Waals surface area contributed by atoms with Crippen molar-refractivity contribution in [3.05, 3.63) is 71.2 Å². The number of carbonyl (C=O) groups excluding carboxylic acids is 1. The van der Waals surface area contributed by atoms with Crippen LogP contribution in [-0.4, -0.2) is 16.1 Å². The van der Waals surface area contributed by atoms with E-state index in [4.69, 9.17) is 4.74 Å². The lowest BCUT2D eigenvalue weighted by atomic mass is 10.1. The van der Waals surface area contributed by atoms with E-state index in [-0.39, 0.29) is 5.91 Å². The largest absolute Gasteiger partial charge is 0.476 e. The van der Waals surface area contributed by atoms with E-state index >= 15 is 0 Å². The fraction of sp³-hybridized carbons (Fsp3) is 0.211. The third-order valence-electron chi connectivity index (χ3n) is 3.93. The highest BCUT2D eigenvalue weighted by Crippen LogP contribution is 2.42. The molecule has 0 bridgehead atoms. The molecule has 1 aliphatic carbocycles. The van der Waals surface area contributed by atoms with Gasteiger partial charge in [0.1, 0.15) is 10.8 Å². The molecule has 1 heterocycles. The molecule has 0 radical (unpaired) electrons. The van der Waals surface area contributed by atoms with Crippen molar-refractivity contribution < 1.29 is 9.53 Å². The molecule has 1 amide bonds. The monoisotopic (exact) mass is 351 g/mol. The molecule has 25 heavy (non-hydrogen) atoms. The highest BCUT2D eigenvalue weighted by Gasteiger charge is 2.29. The highest BCUT2D eigenvalue weighted by atomic mass is 32.1. The van der Waals surface area contributed by atoms with Gasteiger partial charge in [-0.25, -0.2) is 0 Å². The number of aromatic nitrogens is 2. The minimum Gasteiger partial charge on any atom is -0.476 e.